The van der Waals surface area contributed by atoms with Crippen molar-refractivity contribution >= 4 is 158 Å². The van der Waals surface area contributed by atoms with Crippen LogP contribution in [0.2, 0.25) is 0 Å². The van der Waals surface area contributed by atoms with E-state index in [1.54, 1.807) is 0 Å². The molecule has 0 saturated carbocycles. The standard InChI is InChI=1S/C38H41BO.C33H21BO3.C32H29BO.C29H23BO2/c1-35(2,3)22-15-19-29-28(21-22)39-33-27(17-16-25-31(33)23-13-11-12-14-24(23)37(25,7)8)38(9,10)32-26(36(4,5)6)18-20-30(40-29)34(32)39;1-33(2)21-11-5-6-12-22(21)34-23-15-20-18-9-3-7-13-24(18)35-26(20)16-27(23)37-29-17-28-30(31(33)32(29)34)19-10-4-8-14-25(19)36-28;1-18-11-13-27-26(15-18)33-25-16-21-20-9-7-8-10-22(20)31(3,4)23(21)17-24(25)32(5,6)29-19(2)12-14-28(34-27)30(29)33;1-16-9-12-22-20(15-16)30-27-19(11-14-23-25(27)18-7-5-6-8-21(18)31-23)29(3,4)26-17(2)10-13-24(32-22)28(26)30/h11-21H,1-10H3;3-17H,1-2H3;7-17H,1-6H3;5-15H,1-4H3. The maximum Gasteiger partial charge on any atom is 0.252 e. The molecule has 10 aliphatic rings. The molecule has 17 aromatic carbocycles. The quantitative estimate of drug-likeness (QED) is 0.140. The summed E-state index contributed by atoms with van der Waals surface area (Å²) in [6, 6.07) is 106. The van der Waals surface area contributed by atoms with Crippen LogP contribution in [0.15, 0.2) is 304 Å². The fourth-order valence-corrected chi connectivity index (χ4v) is 28.5. The zero-order chi connectivity index (χ0) is 98.4. The molecule has 11 heterocycles. The van der Waals surface area contributed by atoms with Crippen molar-refractivity contribution in [1.82, 2.24) is 0 Å². The number of hydrogen-bond donors (Lipinski definition) is 0. The van der Waals surface area contributed by atoms with E-state index in [4.69, 9.17) is 32.2 Å². The minimum Gasteiger partial charge on any atom is -0.458 e. The molecule has 0 amide bonds. The van der Waals surface area contributed by atoms with Crippen LogP contribution in [-0.2, 0) is 43.3 Å². The van der Waals surface area contributed by atoms with E-state index in [0.29, 0.717) is 0 Å². The summed E-state index contributed by atoms with van der Waals surface area (Å²) in [7, 11) is 0. The normalized spacial score (nSPS) is 16.3. The minimum absolute atomic E-state index is 0.00161. The molecular weight excluding hydrogens is 1740 g/mol. The molecule has 11 heteroatoms. The van der Waals surface area contributed by atoms with E-state index in [1.165, 1.54) is 204 Å². The summed E-state index contributed by atoms with van der Waals surface area (Å²) >= 11 is 0. The van der Waals surface area contributed by atoms with E-state index in [9.17, 15) is 0 Å². The maximum absolute atomic E-state index is 6.80. The predicted molar refractivity (Wildman–Crippen MR) is 598 cm³/mol. The first-order valence-electron chi connectivity index (χ1n) is 51.4. The van der Waals surface area contributed by atoms with E-state index in [1.807, 2.05) is 24.3 Å². The molecular formula is C132H114B4O7. The first kappa shape index (κ1) is 87.6. The second kappa shape index (κ2) is 29.7. The van der Waals surface area contributed by atoms with Gasteiger partial charge in [0.05, 0.1) is 0 Å². The summed E-state index contributed by atoms with van der Waals surface area (Å²) in [5.41, 5.74) is 51.3. The molecule has 30 rings (SSSR count). The molecule has 2 aliphatic carbocycles. The second-order valence-electron chi connectivity index (χ2n) is 47.7. The van der Waals surface area contributed by atoms with Gasteiger partial charge in [0.25, 0.3) is 26.9 Å². The summed E-state index contributed by atoms with van der Waals surface area (Å²) < 4.78 is 45.5. The Morgan fingerprint density at radius 3 is 1.31 bits per heavy atom. The lowest BCUT2D eigenvalue weighted by Crippen LogP contribution is -2.63. The van der Waals surface area contributed by atoms with E-state index in [0.717, 1.165) is 95.7 Å². The van der Waals surface area contributed by atoms with Gasteiger partial charge in [-0.15, -0.1) is 0 Å². The molecule has 0 spiro atoms. The Hall–Kier alpha value is -14.4. The molecule has 696 valence electrons. The minimum atomic E-state index is -0.226. The Kier molecular flexibility index (Phi) is 18.2. The monoisotopic (exact) mass is 1850 g/mol. The highest BCUT2D eigenvalue weighted by atomic mass is 16.5. The van der Waals surface area contributed by atoms with Crippen LogP contribution in [0.4, 0.5) is 0 Å². The van der Waals surface area contributed by atoms with E-state index >= 15 is 0 Å². The van der Waals surface area contributed by atoms with Gasteiger partial charge in [-0.25, -0.2) is 0 Å². The largest absolute Gasteiger partial charge is 0.458 e. The van der Waals surface area contributed by atoms with Crippen molar-refractivity contribution in [3.8, 4) is 68.2 Å². The van der Waals surface area contributed by atoms with Gasteiger partial charge in [0, 0.05) is 76.9 Å². The average molecular weight is 1860 g/mol. The van der Waals surface area contributed by atoms with Gasteiger partial charge in [-0.2, -0.15) is 0 Å². The molecule has 3 aromatic heterocycles. The third kappa shape index (κ3) is 12.1. The van der Waals surface area contributed by atoms with Crippen LogP contribution in [0.5, 0.6) is 46.0 Å². The number of benzene rings is 17. The van der Waals surface area contributed by atoms with Crippen LogP contribution in [0, 0.1) is 27.7 Å². The van der Waals surface area contributed by atoms with Gasteiger partial charge in [0.1, 0.15) is 79.5 Å². The summed E-state index contributed by atoms with van der Waals surface area (Å²) in [6.45, 7) is 51.9. The van der Waals surface area contributed by atoms with Crippen molar-refractivity contribution in [3.05, 3.63) is 391 Å². The Balaban J connectivity index is 0.0000000954. The Labute approximate surface area is 839 Å². The zero-order valence-electron chi connectivity index (χ0n) is 85.9. The first-order chi connectivity index (χ1) is 68.4. The van der Waals surface area contributed by atoms with Gasteiger partial charge < -0.3 is 32.2 Å². The Bertz CT molecular complexity index is 9090. The lowest BCUT2D eigenvalue weighted by atomic mass is 9.29. The molecule has 7 nitrogen and oxygen atoms in total. The van der Waals surface area contributed by atoms with Crippen molar-refractivity contribution in [2.24, 2.45) is 0 Å². The lowest BCUT2D eigenvalue weighted by molar-refractivity contribution is 0.479. The fraction of sp³-hybridized carbons (Fsp3) is 0.227. The van der Waals surface area contributed by atoms with Gasteiger partial charge in [0.15, 0.2) is 0 Å². The molecule has 8 aliphatic heterocycles. The summed E-state index contributed by atoms with van der Waals surface area (Å²) in [5.74, 6) is 7.68. The molecule has 0 fully saturated rings. The van der Waals surface area contributed by atoms with Gasteiger partial charge >= 0.3 is 0 Å². The van der Waals surface area contributed by atoms with E-state index in [2.05, 4.69) is 419 Å². The topological polar surface area (TPSA) is 76.3 Å². The predicted octanol–water partition coefficient (Wildman–Crippen LogP) is 25.9. The number of fused-ring (bicyclic) bond motifs is 34. The third-order valence-corrected chi connectivity index (χ3v) is 35.0. The number of aryl methyl sites for hydroxylation is 4. The molecule has 0 bridgehead atoms. The van der Waals surface area contributed by atoms with Crippen molar-refractivity contribution in [3.63, 3.8) is 0 Å². The first-order valence-corrected chi connectivity index (χ1v) is 51.4. The molecule has 20 aromatic rings. The molecule has 0 unspecified atom stereocenters. The molecule has 0 saturated heterocycles. The smallest absolute Gasteiger partial charge is 0.252 e. The Morgan fingerprint density at radius 2 is 0.664 bits per heavy atom. The van der Waals surface area contributed by atoms with Crippen LogP contribution in [-0.4, -0.2) is 26.9 Å². The van der Waals surface area contributed by atoms with Crippen LogP contribution >= 0.6 is 0 Å². The third-order valence-electron chi connectivity index (χ3n) is 35.0. The highest BCUT2D eigenvalue weighted by Gasteiger charge is 2.55. The number of ether oxygens (including phenoxy) is 4. The summed E-state index contributed by atoms with van der Waals surface area (Å²) in [6.07, 6.45) is 0. The summed E-state index contributed by atoms with van der Waals surface area (Å²) in [5, 5.41) is 7.04. The van der Waals surface area contributed by atoms with Crippen molar-refractivity contribution in [2.45, 2.75) is 196 Å². The second-order valence-corrected chi connectivity index (χ2v) is 47.7. The summed E-state index contributed by atoms with van der Waals surface area (Å²) in [4.78, 5) is 0. The zero-order valence-corrected chi connectivity index (χ0v) is 85.9. The van der Waals surface area contributed by atoms with Crippen LogP contribution in [0.3, 0.4) is 0 Å². The highest BCUT2D eigenvalue weighted by molar-refractivity contribution is 7.01. The highest BCUT2D eigenvalue weighted by Crippen LogP contribution is 2.57. The van der Waals surface area contributed by atoms with Gasteiger partial charge in [-0.3, -0.25) is 0 Å². The van der Waals surface area contributed by atoms with Crippen LogP contribution in [0.1, 0.15) is 225 Å². The van der Waals surface area contributed by atoms with Gasteiger partial charge in [0.2, 0.25) is 0 Å². The fourth-order valence-electron chi connectivity index (χ4n) is 28.5. The SMILES string of the molecule is CC(C)(C)c1ccc2c(c1)B1c3c(ccc4c3-c3ccccc3C4(C)C)C(C)(C)c3c(C(C)(C)C)ccc(c31)O2.CC1(C)c2ccccc2B2c3cc4c(cc3Oc3cc5oc6ccccc6c5c1c32)oc1ccccc14.Cc1ccc2c(c1)B1c3c(ccc(C)c3C(C)(C)c3ccc4oc5ccccc5c4c31)O2.Cc1ccc2c(c1)B1c3cc4c(cc3C(C)(C)c3c(C)ccc(c31)O2)C(C)(C)c1ccccc1-4. The van der Waals surface area contributed by atoms with Gasteiger partial charge in [-0.1, -0.05) is 376 Å². The number of para-hydroxylation sites is 3. The number of hydrogen-bond acceptors (Lipinski definition) is 7. The maximum atomic E-state index is 6.80. The molecule has 0 atom stereocenters. The Morgan fingerprint density at radius 1 is 0.224 bits per heavy atom. The molecule has 143 heavy (non-hydrogen) atoms. The van der Waals surface area contributed by atoms with E-state index < -0.39 is 0 Å². The van der Waals surface area contributed by atoms with Crippen molar-refractivity contribution < 1.29 is 32.2 Å². The van der Waals surface area contributed by atoms with E-state index in [-0.39, 0.29) is 70.2 Å². The molecule has 0 radical (unpaired) electrons. The average Bonchev–Trinajstić information content (AvgIpc) is 1.63. The number of furan rings is 3. The molecule has 0 N–H and O–H groups in total. The van der Waals surface area contributed by atoms with Crippen molar-refractivity contribution in [1.29, 1.82) is 0 Å². The number of rotatable bonds is 0. The van der Waals surface area contributed by atoms with Crippen molar-refractivity contribution in [2.75, 3.05) is 0 Å². The van der Waals surface area contributed by atoms with Crippen LogP contribution in [0.25, 0.3) is 88.1 Å². The van der Waals surface area contributed by atoms with Gasteiger partial charge in [-0.05, 0) is 254 Å². The lowest BCUT2D eigenvalue weighted by Gasteiger charge is -2.45. The van der Waals surface area contributed by atoms with Crippen LogP contribution < -0.4 is 84.5 Å².